The average molecular weight is 406 g/mol. The van der Waals surface area contributed by atoms with E-state index >= 15 is 0 Å². The summed E-state index contributed by atoms with van der Waals surface area (Å²) in [4.78, 5) is 12.9. The van der Waals surface area contributed by atoms with Crippen LogP contribution in [-0.2, 0) is 14.9 Å². The smallest absolute Gasteiger partial charge is 0.274 e. The summed E-state index contributed by atoms with van der Waals surface area (Å²) in [5.41, 5.74) is 2.38. The third kappa shape index (κ3) is 3.48. The number of hydrogen-bond donors (Lipinski definition) is 4. The summed E-state index contributed by atoms with van der Waals surface area (Å²) in [5.74, 6) is 0. The van der Waals surface area contributed by atoms with E-state index < -0.39 is 34.7 Å². The summed E-state index contributed by atoms with van der Waals surface area (Å²) in [7, 11) is -3.96. The molecule has 0 saturated carbocycles. The number of aliphatic hydroxyl groups excluding tert-OH is 2. The Bertz CT molecular complexity index is 1090. The first-order valence-electron chi connectivity index (χ1n) is 8.37. The SMILES string of the molecule is NS(=O)(=O)NC[C@H]1O[C@@H](n2cnc3c(-c4ccccc4)ncnc32)[C@H](O)[C@@H]1O. The van der Waals surface area contributed by atoms with Gasteiger partial charge in [0.1, 0.15) is 35.8 Å². The van der Waals surface area contributed by atoms with Crippen molar-refractivity contribution in [2.45, 2.75) is 24.5 Å². The Hall–Kier alpha value is -2.48. The molecule has 1 saturated heterocycles. The molecule has 3 aromatic rings. The highest BCUT2D eigenvalue weighted by Crippen LogP contribution is 2.32. The summed E-state index contributed by atoms with van der Waals surface area (Å²) < 4.78 is 31.3. The minimum atomic E-state index is -3.96. The Balaban J connectivity index is 1.66. The Kier molecular flexibility index (Phi) is 4.82. The van der Waals surface area contributed by atoms with Crippen LogP contribution >= 0.6 is 0 Å². The first-order valence-corrected chi connectivity index (χ1v) is 9.92. The van der Waals surface area contributed by atoms with Crippen LogP contribution in [0.2, 0.25) is 0 Å². The van der Waals surface area contributed by atoms with E-state index in [0.717, 1.165) is 5.56 Å². The van der Waals surface area contributed by atoms with Crippen molar-refractivity contribution >= 4 is 21.4 Å². The average Bonchev–Trinajstić information content (AvgIpc) is 3.22. The minimum absolute atomic E-state index is 0.287. The number of aromatic nitrogens is 4. The first-order chi connectivity index (χ1) is 13.3. The normalized spacial score (nSPS) is 25.4. The lowest BCUT2D eigenvalue weighted by Gasteiger charge is -2.16. The van der Waals surface area contributed by atoms with Crippen molar-refractivity contribution in [3.63, 3.8) is 0 Å². The standard InChI is InChI=1S/C16H18N6O5S/c17-28(25,26)21-6-10-13(23)14(24)16(27-10)22-8-20-12-11(18-7-19-15(12)22)9-4-2-1-3-5-9/h1-5,7-8,10,13-14,16,21,23-24H,6H2,(H2,17,25,26)/t10-,13-,14-,16-/m1/s1. The lowest BCUT2D eigenvalue weighted by molar-refractivity contribution is -0.0330. The third-order valence-electron chi connectivity index (χ3n) is 4.50. The van der Waals surface area contributed by atoms with Crippen LogP contribution in [0.1, 0.15) is 6.23 Å². The fourth-order valence-electron chi connectivity index (χ4n) is 3.17. The molecule has 28 heavy (non-hydrogen) atoms. The van der Waals surface area contributed by atoms with E-state index in [-0.39, 0.29) is 6.54 Å². The van der Waals surface area contributed by atoms with Crippen molar-refractivity contribution in [2.75, 3.05) is 6.54 Å². The van der Waals surface area contributed by atoms with Crippen LogP contribution in [-0.4, -0.2) is 63.0 Å². The number of nitrogens with one attached hydrogen (secondary N) is 1. The number of aliphatic hydroxyl groups is 2. The lowest BCUT2D eigenvalue weighted by Crippen LogP contribution is -2.42. The topological polar surface area (TPSA) is 165 Å². The van der Waals surface area contributed by atoms with Crippen LogP contribution < -0.4 is 9.86 Å². The van der Waals surface area contributed by atoms with E-state index in [0.29, 0.717) is 16.9 Å². The molecule has 0 unspecified atom stereocenters. The number of fused-ring (bicyclic) bond motifs is 1. The van der Waals surface area contributed by atoms with E-state index in [4.69, 9.17) is 9.88 Å². The summed E-state index contributed by atoms with van der Waals surface area (Å²) in [6.45, 7) is -0.287. The molecular formula is C16H18N6O5S. The van der Waals surface area contributed by atoms with Crippen molar-refractivity contribution in [1.82, 2.24) is 24.2 Å². The van der Waals surface area contributed by atoms with Crippen molar-refractivity contribution < 1.29 is 23.4 Å². The lowest BCUT2D eigenvalue weighted by atomic mass is 10.1. The maximum atomic E-state index is 11.1. The zero-order valence-corrected chi connectivity index (χ0v) is 15.3. The van der Waals surface area contributed by atoms with E-state index in [1.807, 2.05) is 30.3 Å². The molecule has 0 amide bonds. The predicted molar refractivity (Wildman–Crippen MR) is 97.8 cm³/mol. The number of benzene rings is 1. The highest BCUT2D eigenvalue weighted by Gasteiger charge is 2.44. The van der Waals surface area contributed by atoms with Crippen LogP contribution in [0.5, 0.6) is 0 Å². The molecule has 0 aliphatic carbocycles. The van der Waals surface area contributed by atoms with Gasteiger partial charge in [0.25, 0.3) is 10.2 Å². The molecule has 0 bridgehead atoms. The second-order valence-corrected chi connectivity index (χ2v) is 7.73. The first kappa shape index (κ1) is 18.9. The van der Waals surface area contributed by atoms with Gasteiger partial charge in [0.05, 0.1) is 6.33 Å². The predicted octanol–water partition coefficient (Wildman–Crippen LogP) is -1.09. The van der Waals surface area contributed by atoms with Crippen molar-refractivity contribution in [3.8, 4) is 11.3 Å². The van der Waals surface area contributed by atoms with Gasteiger partial charge in [0.2, 0.25) is 0 Å². The molecule has 1 aliphatic heterocycles. The molecule has 4 rings (SSSR count). The number of nitrogens with zero attached hydrogens (tertiary/aromatic N) is 4. The second kappa shape index (κ2) is 7.16. The molecule has 1 aromatic carbocycles. The van der Waals surface area contributed by atoms with Crippen molar-refractivity contribution in [2.24, 2.45) is 5.14 Å². The van der Waals surface area contributed by atoms with Crippen LogP contribution in [0.4, 0.5) is 0 Å². The van der Waals surface area contributed by atoms with Crippen LogP contribution in [0.3, 0.4) is 0 Å². The number of imidazole rings is 1. The number of rotatable bonds is 5. The highest BCUT2D eigenvalue weighted by molar-refractivity contribution is 7.87. The highest BCUT2D eigenvalue weighted by atomic mass is 32.2. The zero-order valence-electron chi connectivity index (χ0n) is 14.5. The molecule has 12 heteroatoms. The van der Waals surface area contributed by atoms with Gasteiger partial charge in [-0.3, -0.25) is 4.57 Å². The van der Waals surface area contributed by atoms with Gasteiger partial charge >= 0.3 is 0 Å². The van der Waals surface area contributed by atoms with Gasteiger partial charge in [0.15, 0.2) is 11.9 Å². The van der Waals surface area contributed by atoms with Gasteiger partial charge in [-0.2, -0.15) is 13.1 Å². The Morgan fingerprint density at radius 2 is 1.89 bits per heavy atom. The van der Waals surface area contributed by atoms with Gasteiger partial charge < -0.3 is 14.9 Å². The maximum Gasteiger partial charge on any atom is 0.274 e. The fraction of sp³-hybridized carbons (Fsp3) is 0.312. The van der Waals surface area contributed by atoms with Gasteiger partial charge in [-0.1, -0.05) is 30.3 Å². The monoisotopic (exact) mass is 406 g/mol. The van der Waals surface area contributed by atoms with E-state index in [1.54, 1.807) is 0 Å². The van der Waals surface area contributed by atoms with E-state index in [1.165, 1.54) is 17.2 Å². The van der Waals surface area contributed by atoms with Crippen molar-refractivity contribution in [3.05, 3.63) is 43.0 Å². The van der Waals surface area contributed by atoms with Crippen LogP contribution in [0.15, 0.2) is 43.0 Å². The quantitative estimate of drug-likeness (QED) is 0.415. The third-order valence-corrected chi connectivity index (χ3v) is 5.07. The minimum Gasteiger partial charge on any atom is -0.387 e. The Morgan fingerprint density at radius 3 is 2.61 bits per heavy atom. The molecular weight excluding hydrogens is 388 g/mol. The summed E-state index contributed by atoms with van der Waals surface area (Å²) in [5, 5.41) is 25.5. The summed E-state index contributed by atoms with van der Waals surface area (Å²) in [6, 6.07) is 9.42. The van der Waals surface area contributed by atoms with Gasteiger partial charge in [-0.15, -0.1) is 0 Å². The van der Waals surface area contributed by atoms with Crippen molar-refractivity contribution in [1.29, 1.82) is 0 Å². The van der Waals surface area contributed by atoms with Crippen LogP contribution in [0.25, 0.3) is 22.4 Å². The van der Waals surface area contributed by atoms with Crippen LogP contribution in [0, 0.1) is 0 Å². The Labute approximate surface area is 160 Å². The molecule has 2 aromatic heterocycles. The number of hydrogen-bond acceptors (Lipinski definition) is 8. The summed E-state index contributed by atoms with van der Waals surface area (Å²) in [6.07, 6.45) is -1.84. The molecule has 148 valence electrons. The van der Waals surface area contributed by atoms with Gasteiger partial charge in [-0.25, -0.2) is 20.1 Å². The largest absolute Gasteiger partial charge is 0.387 e. The second-order valence-electron chi connectivity index (χ2n) is 6.35. The molecule has 1 fully saturated rings. The molecule has 1 aliphatic rings. The number of nitrogens with two attached hydrogens (primary N) is 1. The number of ether oxygens (including phenoxy) is 1. The molecule has 4 atom stereocenters. The summed E-state index contributed by atoms with van der Waals surface area (Å²) >= 11 is 0. The van der Waals surface area contributed by atoms with Gasteiger partial charge in [-0.05, 0) is 0 Å². The zero-order chi connectivity index (χ0) is 19.9. The fourth-order valence-corrected chi connectivity index (χ4v) is 3.57. The molecule has 3 heterocycles. The molecule has 5 N–H and O–H groups in total. The molecule has 0 radical (unpaired) electrons. The Morgan fingerprint density at radius 1 is 1.14 bits per heavy atom. The molecule has 11 nitrogen and oxygen atoms in total. The van der Waals surface area contributed by atoms with E-state index in [2.05, 4.69) is 19.7 Å². The maximum absolute atomic E-state index is 11.1. The van der Waals surface area contributed by atoms with Gasteiger partial charge in [0, 0.05) is 12.1 Å². The molecule has 0 spiro atoms. The van der Waals surface area contributed by atoms with E-state index in [9.17, 15) is 18.6 Å².